The zero-order valence-electron chi connectivity index (χ0n) is 15.3. The van der Waals surface area contributed by atoms with Gasteiger partial charge in [-0.2, -0.15) is 0 Å². The van der Waals surface area contributed by atoms with Gasteiger partial charge < -0.3 is 14.7 Å². The molecule has 140 valence electrons. The first-order valence-corrected chi connectivity index (χ1v) is 8.76. The maximum Gasteiger partial charge on any atom is 0.223 e. The summed E-state index contributed by atoms with van der Waals surface area (Å²) >= 11 is 0. The third kappa shape index (κ3) is 7.23. The van der Waals surface area contributed by atoms with Crippen molar-refractivity contribution in [2.24, 2.45) is 0 Å². The van der Waals surface area contributed by atoms with Crippen LogP contribution >= 0.6 is 0 Å². The average molecular weight is 359 g/mol. The van der Waals surface area contributed by atoms with Crippen LogP contribution in [0.25, 0.3) is 0 Å². The van der Waals surface area contributed by atoms with Crippen molar-refractivity contribution < 1.29 is 19.0 Å². The first-order valence-electron chi connectivity index (χ1n) is 8.76. The molecule has 1 N–H and O–H groups in total. The SMILES string of the molecule is CC(C)(O)CN(Cc1ccccc1)C(=O)CCCOc1ccc(F)cc1. The number of hydrogen-bond donors (Lipinski definition) is 1. The summed E-state index contributed by atoms with van der Waals surface area (Å²) in [6.07, 6.45) is 0.872. The van der Waals surface area contributed by atoms with Gasteiger partial charge in [-0.25, -0.2) is 4.39 Å². The molecular formula is C21H26FNO3. The molecule has 26 heavy (non-hydrogen) atoms. The lowest BCUT2D eigenvalue weighted by molar-refractivity contribution is -0.135. The standard InChI is InChI=1S/C21H26FNO3/c1-21(2,25)16-23(15-17-7-4-3-5-8-17)20(24)9-6-14-26-19-12-10-18(22)11-13-19/h3-5,7-8,10-13,25H,6,9,14-16H2,1-2H3. The molecule has 2 aromatic carbocycles. The lowest BCUT2D eigenvalue weighted by Gasteiger charge is -2.29. The van der Waals surface area contributed by atoms with Crippen LogP contribution in [0.3, 0.4) is 0 Å². The summed E-state index contributed by atoms with van der Waals surface area (Å²) in [4.78, 5) is 14.3. The van der Waals surface area contributed by atoms with E-state index in [0.717, 1.165) is 5.56 Å². The van der Waals surface area contributed by atoms with Crippen molar-refractivity contribution >= 4 is 5.91 Å². The van der Waals surface area contributed by atoms with E-state index in [1.54, 1.807) is 30.9 Å². The average Bonchev–Trinajstić information content (AvgIpc) is 2.59. The molecule has 0 aliphatic rings. The molecule has 0 spiro atoms. The Morgan fingerprint density at radius 3 is 2.38 bits per heavy atom. The predicted molar refractivity (Wildman–Crippen MR) is 99.3 cm³/mol. The normalized spacial score (nSPS) is 11.2. The van der Waals surface area contributed by atoms with Crippen molar-refractivity contribution in [2.45, 2.75) is 38.8 Å². The third-order valence-electron chi connectivity index (χ3n) is 3.76. The maximum atomic E-state index is 12.9. The molecule has 0 bridgehead atoms. The highest BCUT2D eigenvalue weighted by Crippen LogP contribution is 2.14. The van der Waals surface area contributed by atoms with Crippen LogP contribution in [-0.2, 0) is 11.3 Å². The second kappa shape index (κ2) is 9.34. The first kappa shape index (κ1) is 19.9. The number of rotatable bonds is 9. The largest absolute Gasteiger partial charge is 0.494 e. The molecule has 0 fully saturated rings. The number of carbonyl (C=O) groups excluding carboxylic acids is 1. The number of carbonyl (C=O) groups is 1. The fourth-order valence-corrected chi connectivity index (χ4v) is 2.61. The molecule has 2 rings (SSSR count). The van der Waals surface area contributed by atoms with Gasteiger partial charge in [-0.1, -0.05) is 30.3 Å². The van der Waals surface area contributed by atoms with Crippen LogP contribution in [0.5, 0.6) is 5.75 Å². The first-order chi connectivity index (χ1) is 12.3. The van der Waals surface area contributed by atoms with Gasteiger partial charge in [0.25, 0.3) is 0 Å². The van der Waals surface area contributed by atoms with E-state index in [4.69, 9.17) is 4.74 Å². The van der Waals surface area contributed by atoms with Crippen molar-refractivity contribution in [3.63, 3.8) is 0 Å². The number of nitrogens with zero attached hydrogens (tertiary/aromatic N) is 1. The van der Waals surface area contributed by atoms with Crippen LogP contribution in [0.4, 0.5) is 4.39 Å². The van der Waals surface area contributed by atoms with Crippen molar-refractivity contribution in [1.82, 2.24) is 4.90 Å². The van der Waals surface area contributed by atoms with Crippen molar-refractivity contribution in [3.05, 3.63) is 66.0 Å². The fourth-order valence-electron chi connectivity index (χ4n) is 2.61. The van der Waals surface area contributed by atoms with Gasteiger partial charge >= 0.3 is 0 Å². The number of amides is 1. The van der Waals surface area contributed by atoms with Crippen molar-refractivity contribution in [2.75, 3.05) is 13.2 Å². The van der Waals surface area contributed by atoms with Gasteiger partial charge in [-0.05, 0) is 50.1 Å². The monoisotopic (exact) mass is 359 g/mol. The Bertz CT molecular complexity index is 681. The zero-order chi connectivity index (χ0) is 19.0. The highest BCUT2D eigenvalue weighted by molar-refractivity contribution is 5.76. The molecular weight excluding hydrogens is 333 g/mol. The van der Waals surface area contributed by atoms with Crippen LogP contribution < -0.4 is 4.74 Å². The van der Waals surface area contributed by atoms with E-state index >= 15 is 0 Å². The smallest absolute Gasteiger partial charge is 0.223 e. The molecule has 0 heterocycles. The van der Waals surface area contributed by atoms with E-state index in [1.807, 2.05) is 30.3 Å². The van der Waals surface area contributed by atoms with Crippen molar-refractivity contribution in [3.8, 4) is 5.75 Å². The molecule has 0 radical (unpaired) electrons. The molecule has 0 aromatic heterocycles. The van der Waals surface area contributed by atoms with Crippen molar-refractivity contribution in [1.29, 1.82) is 0 Å². The van der Waals surface area contributed by atoms with Gasteiger partial charge in [-0.3, -0.25) is 4.79 Å². The van der Waals surface area contributed by atoms with Gasteiger partial charge in [0.05, 0.1) is 12.2 Å². The Balaban J connectivity index is 1.85. The molecule has 4 nitrogen and oxygen atoms in total. The van der Waals surface area contributed by atoms with E-state index in [-0.39, 0.29) is 18.3 Å². The molecule has 0 saturated heterocycles. The van der Waals surface area contributed by atoms with Crippen LogP contribution in [0.15, 0.2) is 54.6 Å². The molecule has 1 amide bonds. The third-order valence-corrected chi connectivity index (χ3v) is 3.76. The lowest BCUT2D eigenvalue weighted by Crippen LogP contribution is -2.41. The van der Waals surface area contributed by atoms with E-state index in [9.17, 15) is 14.3 Å². The number of benzene rings is 2. The van der Waals surface area contributed by atoms with Crippen LogP contribution in [-0.4, -0.2) is 34.7 Å². The summed E-state index contributed by atoms with van der Waals surface area (Å²) in [6.45, 7) is 4.48. The second-order valence-corrected chi connectivity index (χ2v) is 6.95. The molecule has 0 unspecified atom stereocenters. The molecule has 5 heteroatoms. The molecule has 0 atom stereocenters. The predicted octanol–water partition coefficient (Wildman–Crippen LogP) is 3.78. The minimum Gasteiger partial charge on any atom is -0.494 e. The summed E-state index contributed by atoms with van der Waals surface area (Å²) < 4.78 is 18.4. The van der Waals surface area contributed by atoms with Crippen LogP contribution in [0, 0.1) is 5.82 Å². The van der Waals surface area contributed by atoms with Gasteiger partial charge in [0, 0.05) is 19.5 Å². The fraction of sp³-hybridized carbons (Fsp3) is 0.381. The zero-order valence-corrected chi connectivity index (χ0v) is 15.3. The summed E-state index contributed by atoms with van der Waals surface area (Å²) in [6, 6.07) is 15.5. The number of ether oxygens (including phenoxy) is 1. The Hall–Kier alpha value is -2.40. The van der Waals surface area contributed by atoms with E-state index in [2.05, 4.69) is 0 Å². The molecule has 0 aliphatic heterocycles. The maximum absolute atomic E-state index is 12.9. The highest BCUT2D eigenvalue weighted by Gasteiger charge is 2.22. The highest BCUT2D eigenvalue weighted by atomic mass is 19.1. The Morgan fingerprint density at radius 2 is 1.77 bits per heavy atom. The van der Waals surface area contributed by atoms with Crippen LogP contribution in [0.2, 0.25) is 0 Å². The number of hydrogen-bond acceptors (Lipinski definition) is 3. The van der Waals surface area contributed by atoms with Crippen LogP contribution in [0.1, 0.15) is 32.3 Å². The Morgan fingerprint density at radius 1 is 1.12 bits per heavy atom. The summed E-state index contributed by atoms with van der Waals surface area (Å²) in [5, 5.41) is 10.1. The van der Waals surface area contributed by atoms with Gasteiger partial charge in [0.2, 0.25) is 5.91 Å². The molecule has 0 aliphatic carbocycles. The number of halogens is 1. The molecule has 2 aromatic rings. The van der Waals surface area contributed by atoms with Gasteiger partial charge in [-0.15, -0.1) is 0 Å². The summed E-state index contributed by atoms with van der Waals surface area (Å²) in [5.74, 6) is 0.242. The molecule has 0 saturated carbocycles. The van der Waals surface area contributed by atoms with E-state index < -0.39 is 5.60 Å². The lowest BCUT2D eigenvalue weighted by atomic mass is 10.1. The second-order valence-electron chi connectivity index (χ2n) is 6.95. The topological polar surface area (TPSA) is 49.8 Å². The minimum atomic E-state index is -0.963. The van der Waals surface area contributed by atoms with Gasteiger partial charge in [0.15, 0.2) is 0 Å². The van der Waals surface area contributed by atoms with Gasteiger partial charge in [0.1, 0.15) is 11.6 Å². The summed E-state index contributed by atoms with van der Waals surface area (Å²) in [5.41, 5.74) is 0.0577. The number of aliphatic hydroxyl groups is 1. The van der Waals surface area contributed by atoms with E-state index in [1.165, 1.54) is 12.1 Å². The summed E-state index contributed by atoms with van der Waals surface area (Å²) in [7, 11) is 0. The quantitative estimate of drug-likeness (QED) is 0.693. The Labute approximate surface area is 154 Å². The Kier molecular flexibility index (Phi) is 7.16. The minimum absolute atomic E-state index is 0.0290. The van der Waals surface area contributed by atoms with E-state index in [0.29, 0.717) is 31.7 Å².